The molecule has 13 N–H and O–H groups in total. The Bertz CT molecular complexity index is 6340. The summed E-state index contributed by atoms with van der Waals surface area (Å²) in [5.74, 6) is 2.64. The van der Waals surface area contributed by atoms with Gasteiger partial charge in [0.25, 0.3) is 11.8 Å². The molecule has 9 heterocycles. The maximum atomic E-state index is 14.1. The van der Waals surface area contributed by atoms with Crippen molar-refractivity contribution in [1.82, 2.24) is 68.6 Å². The number of carbonyl (C=O) groups is 6. The topological polar surface area (TPSA) is 459 Å². The van der Waals surface area contributed by atoms with Gasteiger partial charge in [-0.05, 0) is 163 Å². The molecule has 7 aliphatic rings. The van der Waals surface area contributed by atoms with Crippen LogP contribution in [0.2, 0.25) is 0 Å². The van der Waals surface area contributed by atoms with E-state index in [-0.39, 0.29) is 78.0 Å². The number of imidazole rings is 2. The summed E-state index contributed by atoms with van der Waals surface area (Å²) in [6.45, 7) is 20.2. The number of anilines is 2. The lowest BCUT2D eigenvalue weighted by Crippen LogP contribution is -2.42. The summed E-state index contributed by atoms with van der Waals surface area (Å²) in [6.07, 6.45) is 13.4. The zero-order valence-electron chi connectivity index (χ0n) is 78.6. The lowest BCUT2D eigenvalue weighted by molar-refractivity contribution is -0.166. The van der Waals surface area contributed by atoms with Gasteiger partial charge in [-0.2, -0.15) is 11.8 Å². The van der Waals surface area contributed by atoms with Crippen LogP contribution < -0.4 is 47.7 Å². The average molecular weight is 1900 g/mol. The quantitative estimate of drug-likeness (QED) is 0.00427. The first-order chi connectivity index (χ1) is 65.7. The lowest BCUT2D eigenvalue weighted by Gasteiger charge is -2.21. The van der Waals surface area contributed by atoms with Crippen LogP contribution in [-0.4, -0.2) is 254 Å². The minimum absolute atomic E-state index is 0.0602. The second-order valence-corrected chi connectivity index (χ2v) is 37.7. The molecule has 720 valence electrons. The highest BCUT2D eigenvalue weighted by Crippen LogP contribution is 2.45. The number of thioether (sulfide) groups is 1. The summed E-state index contributed by atoms with van der Waals surface area (Å²) >= 11 is 1.62. The van der Waals surface area contributed by atoms with Gasteiger partial charge in [0.15, 0.2) is 35.4 Å². The Balaban J connectivity index is 0.000000217. The van der Waals surface area contributed by atoms with Gasteiger partial charge in [0.1, 0.15) is 133 Å². The number of carboxylic acids is 1. The third-order valence-corrected chi connectivity index (χ3v) is 28.1. The van der Waals surface area contributed by atoms with Crippen LogP contribution in [0.3, 0.4) is 0 Å². The minimum atomic E-state index is -1.29. The van der Waals surface area contributed by atoms with Crippen molar-refractivity contribution in [3.05, 3.63) is 204 Å². The van der Waals surface area contributed by atoms with Crippen LogP contribution in [0.5, 0.6) is 0 Å². The van der Waals surface area contributed by atoms with Crippen LogP contribution in [0, 0.1) is 19.8 Å². The van der Waals surface area contributed by atoms with E-state index in [2.05, 4.69) is 155 Å². The number of hydrogen-bond donors (Lipinski definition) is 10. The summed E-state index contributed by atoms with van der Waals surface area (Å²) in [5, 5.41) is 62.8. The number of benzene rings is 6. The summed E-state index contributed by atoms with van der Waals surface area (Å²) in [5.41, 5.74) is 29.4. The van der Waals surface area contributed by atoms with Gasteiger partial charge in [-0.15, -0.1) is 0 Å². The molecular weight excluding hydrogens is 1770 g/mol. The van der Waals surface area contributed by atoms with Crippen LogP contribution >= 0.6 is 11.8 Å². The Morgan fingerprint density at radius 2 is 1.03 bits per heavy atom. The molecule has 8 aromatic rings. The van der Waals surface area contributed by atoms with Crippen LogP contribution in [0.25, 0.3) is 89.2 Å². The molecular formula is C101H126N17O16S2+3. The standard InChI is InChI=1S/C50H61N9O8S.C47H56N8O6S.C4H6O2/c1-5-58(6-2)32-18-20-36-39(26-32)66-38-25-31(3)17-19-35(38)42(36)33-15-11-12-16-34(33)48(63)57(4)23-21-41(60)53-22-13-9-7-8-10-14-24-68(27-37(51)50(64)65)28-40-44(61)45(62)49(67-40)59-30-56-43-46(52)54-29-55-47(43)59;1-5-54(6-2)31-18-20-35-37(26-31)60-36-25-30(3)17-19-34(36)40(35)32-15-11-12-16-33(32)46(59)53(4)23-21-39(56)49-22-13-9-7-8-10-14-24-62-27-38-42(57)43(58)47(61-38)55-29-52-41-44(48)50-28-51-45(41)55;1-3-2-6-4(3)5/h10-12,14-20,25-26,29-30,37,40,44-45,49,61-62H,5-9,13,21-24,27-28,51H2,1-4H3,(H2-2,52,53,54,55,60,64,65);10-12,14-20,25-26,28-29,38,42-43,47,57-58H,5-9,13,21-24,27H2,1-4H3,(H2-,48,49,50,51,56);3H,2H2,1H3/p+3/b2*14-10+;/t37-,40+,44?,45-,49+,68?;38-,42?,43+,47-;3-/m010/s1. The van der Waals surface area contributed by atoms with Gasteiger partial charge in [-0.3, -0.25) is 37.9 Å². The highest BCUT2D eigenvalue weighted by atomic mass is 32.2. The van der Waals surface area contributed by atoms with Gasteiger partial charge >= 0.3 is 11.9 Å². The SMILES string of the molecule is CC[N+](CC)=c1ccc2c(-c3ccccc3C(=O)N(C)CCC(=O)NCCCCC/C=C/CSC[C@H]3O[C@@H](n4cnc5c(N)ncnc54)[C@@H](O)C3O)c3ccc(C)cc3oc-2c1.CC[N+](CC)=c1ccc2c(-c3ccccc3C(=O)N(C)CCC(=O)NCCCCC/C=C/C[S+](C[C@H](N)C(=O)O)C[C@H]3O[C@@H](n4cnc5c(N)ncnc54)[C@@H](O)C3O)c3ccc(C)cc3oc-2c1.C[C@H]1COC1=O. The average Bonchev–Trinajstić information content (AvgIpc) is 1.78. The monoisotopic (exact) mass is 1900 g/mol. The van der Waals surface area contributed by atoms with E-state index in [1.807, 2.05) is 93.6 Å². The number of nitrogens with two attached hydrogens (primary N) is 3. The van der Waals surface area contributed by atoms with Crippen LogP contribution in [-0.2, 0) is 44.3 Å². The van der Waals surface area contributed by atoms with E-state index in [1.54, 1.807) is 40.2 Å². The molecule has 136 heavy (non-hydrogen) atoms. The van der Waals surface area contributed by atoms with Crippen LogP contribution in [0.4, 0.5) is 11.6 Å². The second-order valence-electron chi connectivity index (χ2n) is 34.4. The first kappa shape index (κ1) is 101. The number of carboxylic acid groups (broad SMARTS) is 1. The molecule has 3 saturated heterocycles. The number of aromatic nitrogens is 8. The highest BCUT2D eigenvalue weighted by Gasteiger charge is 2.48. The Kier molecular flexibility index (Phi) is 35.6. The number of esters is 1. The summed E-state index contributed by atoms with van der Waals surface area (Å²) in [6, 6.07) is 39.1. The molecule has 11 atom stereocenters. The van der Waals surface area contributed by atoms with Crippen molar-refractivity contribution in [2.24, 2.45) is 11.7 Å². The number of allylic oxidation sites excluding steroid dienone is 2. The zero-order valence-corrected chi connectivity index (χ0v) is 80.2. The normalized spacial score (nSPS) is 18.5. The van der Waals surface area contributed by atoms with Crippen molar-refractivity contribution in [3.8, 4) is 44.9 Å². The third kappa shape index (κ3) is 24.5. The van der Waals surface area contributed by atoms with E-state index in [9.17, 15) is 54.3 Å². The van der Waals surface area contributed by atoms with Crippen molar-refractivity contribution in [2.75, 3.05) is 113 Å². The molecule has 4 aromatic heterocycles. The van der Waals surface area contributed by atoms with E-state index in [1.165, 1.54) is 29.9 Å². The molecule has 35 heteroatoms. The number of aliphatic hydroxyl groups is 4. The maximum absolute atomic E-state index is 14.1. The fourth-order valence-electron chi connectivity index (χ4n) is 17.0. The van der Waals surface area contributed by atoms with E-state index in [0.717, 1.165) is 172 Å². The number of cyclic esters (lactones) is 1. The second kappa shape index (κ2) is 47.9. The molecule has 5 aliphatic heterocycles. The minimum Gasteiger partial charge on any atom is -0.480 e. The Hall–Kier alpha value is -12.3. The maximum Gasteiger partial charge on any atom is 0.325 e. The number of aryl methyl sites for hydroxylation is 2. The van der Waals surface area contributed by atoms with Gasteiger partial charge in [0, 0.05) is 121 Å². The number of aliphatic carboxylic acids is 1. The lowest BCUT2D eigenvalue weighted by atomic mass is 9.90. The van der Waals surface area contributed by atoms with Crippen molar-refractivity contribution in [2.45, 2.75) is 168 Å². The fourth-order valence-corrected chi connectivity index (χ4v) is 20.1. The van der Waals surface area contributed by atoms with Gasteiger partial charge in [0.05, 0.1) is 36.8 Å². The largest absolute Gasteiger partial charge is 0.480 e. The molecule has 0 saturated carbocycles. The first-order valence-corrected chi connectivity index (χ1v) is 49.5. The number of nitrogens with zero attached hydrogens (tertiary/aromatic N) is 12. The Labute approximate surface area is 797 Å². The van der Waals surface area contributed by atoms with Crippen molar-refractivity contribution in [1.29, 1.82) is 0 Å². The zero-order chi connectivity index (χ0) is 96.8. The summed E-state index contributed by atoms with van der Waals surface area (Å²) in [4.78, 5) is 104. The Morgan fingerprint density at radius 3 is 1.48 bits per heavy atom. The summed E-state index contributed by atoms with van der Waals surface area (Å²) in [7, 11) is 2.88. The van der Waals surface area contributed by atoms with E-state index in [0.29, 0.717) is 71.2 Å². The third-order valence-electron chi connectivity index (χ3n) is 24.8. The molecule has 2 aliphatic carbocycles. The number of nitrogen functional groups attached to an aromatic ring is 2. The molecule has 4 aromatic carbocycles. The number of fused-ring (bicyclic) bond motifs is 6. The van der Waals surface area contributed by atoms with Gasteiger partial charge in [-0.1, -0.05) is 91.7 Å². The number of rotatable bonds is 39. The number of carbonyl (C=O) groups excluding carboxylic acids is 5. The number of aliphatic hydroxyl groups excluding tert-OH is 4. The van der Waals surface area contributed by atoms with Crippen molar-refractivity contribution < 1.29 is 77.3 Å². The fraction of sp³-hybridized carbons (Fsp3) is 0.426. The molecule has 4 amide bonds. The van der Waals surface area contributed by atoms with E-state index >= 15 is 0 Å². The number of ether oxygens (including phenoxy) is 3. The smallest absolute Gasteiger partial charge is 0.325 e. The molecule has 33 nitrogen and oxygen atoms in total. The number of nitrogens with one attached hydrogen (secondary N) is 2. The van der Waals surface area contributed by atoms with Gasteiger partial charge in [0.2, 0.25) is 22.5 Å². The number of amides is 4. The molecule has 3 unspecified atom stereocenters. The van der Waals surface area contributed by atoms with Gasteiger partial charge in [-0.25, -0.2) is 39.1 Å². The highest BCUT2D eigenvalue weighted by molar-refractivity contribution is 7.99. The number of unbranched alkanes of at least 4 members (excludes halogenated alkanes) is 6. The first-order valence-electron chi connectivity index (χ1n) is 46.6. The van der Waals surface area contributed by atoms with Crippen LogP contribution in [0.1, 0.15) is 143 Å². The molecule has 15 rings (SSSR count). The van der Waals surface area contributed by atoms with E-state index < -0.39 is 72.0 Å². The molecule has 3 fully saturated rings. The van der Waals surface area contributed by atoms with Gasteiger partial charge < -0.3 is 86.2 Å². The van der Waals surface area contributed by atoms with Crippen molar-refractivity contribution in [3.63, 3.8) is 0 Å². The van der Waals surface area contributed by atoms with E-state index in [4.69, 9.17) is 35.5 Å². The molecule has 0 spiro atoms. The Morgan fingerprint density at radius 1 is 0.574 bits per heavy atom. The number of hydrogen-bond acceptors (Lipinski definition) is 25. The summed E-state index contributed by atoms with van der Waals surface area (Å²) < 4.78 is 37.2. The van der Waals surface area contributed by atoms with Crippen molar-refractivity contribution >= 4 is 114 Å². The molecule has 0 bridgehead atoms. The molecule has 0 radical (unpaired) electrons. The predicted octanol–water partition coefficient (Wildman–Crippen LogP) is 10.1. The van der Waals surface area contributed by atoms with Crippen LogP contribution in [0.15, 0.2) is 180 Å². The predicted molar refractivity (Wildman–Crippen MR) is 529 cm³/mol.